The van der Waals surface area contributed by atoms with Crippen molar-refractivity contribution in [2.75, 3.05) is 6.54 Å². The van der Waals surface area contributed by atoms with Crippen LogP contribution in [-0.2, 0) is 13.0 Å². The average molecular weight is 194 g/mol. The minimum absolute atomic E-state index is 0.322. The van der Waals surface area contributed by atoms with Gasteiger partial charge in [0.1, 0.15) is 11.2 Å². The van der Waals surface area contributed by atoms with Gasteiger partial charge < -0.3 is 5.32 Å². The maximum absolute atomic E-state index is 8.73. The number of rotatable bonds is 0. The molecule has 0 fully saturated rings. The zero-order valence-electron chi connectivity index (χ0n) is 6.97. The molecule has 0 saturated heterocycles. The molecule has 1 aromatic heterocycles. The summed E-state index contributed by atoms with van der Waals surface area (Å²) in [6, 6.07) is 3.84. The van der Waals surface area contributed by atoms with Crippen LogP contribution in [0.5, 0.6) is 0 Å². The smallest absolute Gasteiger partial charge is 0.147 e. The van der Waals surface area contributed by atoms with Gasteiger partial charge in [-0.1, -0.05) is 11.6 Å². The largest absolute Gasteiger partial charge is 0.312 e. The molecule has 1 aliphatic rings. The van der Waals surface area contributed by atoms with Crippen LogP contribution in [0.15, 0.2) is 6.07 Å². The molecule has 13 heavy (non-hydrogen) atoms. The highest BCUT2D eigenvalue weighted by Gasteiger charge is 2.13. The van der Waals surface area contributed by atoms with Gasteiger partial charge in [0, 0.05) is 25.2 Å². The molecule has 0 aliphatic carbocycles. The van der Waals surface area contributed by atoms with Gasteiger partial charge in [-0.25, -0.2) is 4.98 Å². The highest BCUT2D eigenvalue weighted by atomic mass is 35.5. The first-order valence-corrected chi connectivity index (χ1v) is 4.48. The molecule has 66 valence electrons. The molecule has 0 aromatic carbocycles. The van der Waals surface area contributed by atoms with E-state index >= 15 is 0 Å². The van der Waals surface area contributed by atoms with Crippen molar-refractivity contribution < 1.29 is 0 Å². The number of aromatic nitrogens is 1. The minimum Gasteiger partial charge on any atom is -0.312 e. The minimum atomic E-state index is 0.322. The second kappa shape index (κ2) is 3.33. The molecule has 1 aliphatic heterocycles. The Morgan fingerprint density at radius 2 is 2.46 bits per heavy atom. The number of nitrogens with zero attached hydrogens (tertiary/aromatic N) is 2. The quantitative estimate of drug-likeness (QED) is 0.631. The zero-order valence-corrected chi connectivity index (χ0v) is 7.73. The standard InChI is InChI=1S/C9H8ClN3/c10-9-6(4-11)3-7-5-12-2-1-8(7)13-9/h3,12H,1-2,5H2. The van der Waals surface area contributed by atoms with Crippen molar-refractivity contribution in [3.63, 3.8) is 0 Å². The lowest BCUT2D eigenvalue weighted by molar-refractivity contribution is 0.630. The number of pyridine rings is 1. The van der Waals surface area contributed by atoms with E-state index in [0.29, 0.717) is 10.7 Å². The van der Waals surface area contributed by atoms with Gasteiger partial charge in [0.2, 0.25) is 0 Å². The van der Waals surface area contributed by atoms with Crippen LogP contribution < -0.4 is 5.32 Å². The maximum Gasteiger partial charge on any atom is 0.147 e. The molecule has 0 spiro atoms. The third-order valence-electron chi connectivity index (χ3n) is 2.12. The summed E-state index contributed by atoms with van der Waals surface area (Å²) >= 11 is 5.81. The molecular weight excluding hydrogens is 186 g/mol. The Hall–Kier alpha value is -1.11. The van der Waals surface area contributed by atoms with Crippen LogP contribution in [0.25, 0.3) is 0 Å². The Labute approximate surface area is 81.4 Å². The van der Waals surface area contributed by atoms with Gasteiger partial charge in [-0.05, 0) is 11.6 Å². The summed E-state index contributed by atoms with van der Waals surface area (Å²) in [6.07, 6.45) is 0.890. The lowest BCUT2D eigenvalue weighted by Gasteiger charge is -2.16. The van der Waals surface area contributed by atoms with Gasteiger partial charge >= 0.3 is 0 Å². The molecule has 0 amide bonds. The van der Waals surface area contributed by atoms with E-state index in [0.717, 1.165) is 30.8 Å². The molecule has 4 heteroatoms. The normalized spacial score (nSPS) is 14.8. The van der Waals surface area contributed by atoms with Crippen molar-refractivity contribution in [2.45, 2.75) is 13.0 Å². The summed E-state index contributed by atoms with van der Waals surface area (Å²) in [5.41, 5.74) is 2.57. The van der Waals surface area contributed by atoms with Crippen molar-refractivity contribution >= 4 is 11.6 Å². The molecule has 0 unspecified atom stereocenters. The number of fused-ring (bicyclic) bond motifs is 1. The molecule has 1 N–H and O–H groups in total. The van der Waals surface area contributed by atoms with Crippen molar-refractivity contribution in [3.05, 3.63) is 28.0 Å². The van der Waals surface area contributed by atoms with Gasteiger partial charge in [0.15, 0.2) is 0 Å². The third kappa shape index (κ3) is 1.51. The Morgan fingerprint density at radius 1 is 1.62 bits per heavy atom. The molecule has 0 atom stereocenters. The molecular formula is C9H8ClN3. The molecule has 0 radical (unpaired) electrons. The first-order valence-electron chi connectivity index (χ1n) is 4.10. The van der Waals surface area contributed by atoms with E-state index in [9.17, 15) is 0 Å². The Balaban J connectivity index is 2.52. The van der Waals surface area contributed by atoms with Gasteiger partial charge in [-0.3, -0.25) is 0 Å². The summed E-state index contributed by atoms with van der Waals surface area (Å²) in [5.74, 6) is 0. The fourth-order valence-corrected chi connectivity index (χ4v) is 1.64. The van der Waals surface area contributed by atoms with E-state index in [1.807, 2.05) is 12.1 Å². The number of nitrogens with one attached hydrogen (secondary N) is 1. The van der Waals surface area contributed by atoms with Crippen LogP contribution in [0.4, 0.5) is 0 Å². The topological polar surface area (TPSA) is 48.7 Å². The van der Waals surface area contributed by atoms with Gasteiger partial charge in [0.25, 0.3) is 0 Å². The predicted molar refractivity (Wildman–Crippen MR) is 49.4 cm³/mol. The predicted octanol–water partition coefficient (Wildman–Crippen LogP) is 1.25. The second-order valence-corrected chi connectivity index (χ2v) is 3.33. The van der Waals surface area contributed by atoms with E-state index < -0.39 is 0 Å². The van der Waals surface area contributed by atoms with Gasteiger partial charge in [-0.15, -0.1) is 0 Å². The van der Waals surface area contributed by atoms with Crippen molar-refractivity contribution in [2.24, 2.45) is 0 Å². The van der Waals surface area contributed by atoms with E-state index in [4.69, 9.17) is 16.9 Å². The van der Waals surface area contributed by atoms with Crippen LogP contribution in [0, 0.1) is 11.3 Å². The third-order valence-corrected chi connectivity index (χ3v) is 2.41. The molecule has 0 saturated carbocycles. The summed E-state index contributed by atoms with van der Waals surface area (Å²) < 4.78 is 0. The van der Waals surface area contributed by atoms with Crippen molar-refractivity contribution in [1.29, 1.82) is 5.26 Å². The zero-order chi connectivity index (χ0) is 9.26. The average Bonchev–Trinajstić information content (AvgIpc) is 2.17. The van der Waals surface area contributed by atoms with E-state index in [1.165, 1.54) is 0 Å². The Bertz CT molecular complexity index is 381. The fraction of sp³-hybridized carbons (Fsp3) is 0.333. The Morgan fingerprint density at radius 3 is 3.23 bits per heavy atom. The first kappa shape index (κ1) is 8.49. The van der Waals surface area contributed by atoms with Crippen molar-refractivity contribution in [3.8, 4) is 6.07 Å². The summed E-state index contributed by atoms with van der Waals surface area (Å²) in [4.78, 5) is 4.19. The monoisotopic (exact) mass is 193 g/mol. The molecule has 1 aromatic rings. The lowest BCUT2D eigenvalue weighted by Crippen LogP contribution is -2.24. The first-order chi connectivity index (χ1) is 6.31. The van der Waals surface area contributed by atoms with Crippen LogP contribution in [-0.4, -0.2) is 11.5 Å². The highest BCUT2D eigenvalue weighted by Crippen LogP contribution is 2.19. The second-order valence-electron chi connectivity index (χ2n) is 2.97. The van der Waals surface area contributed by atoms with Crippen LogP contribution in [0.3, 0.4) is 0 Å². The summed E-state index contributed by atoms with van der Waals surface area (Å²) in [6.45, 7) is 1.72. The van der Waals surface area contributed by atoms with E-state index in [-0.39, 0.29) is 0 Å². The number of nitriles is 1. The van der Waals surface area contributed by atoms with E-state index in [1.54, 1.807) is 0 Å². The molecule has 2 heterocycles. The van der Waals surface area contributed by atoms with Gasteiger partial charge in [0.05, 0.1) is 5.56 Å². The van der Waals surface area contributed by atoms with Gasteiger partial charge in [-0.2, -0.15) is 5.26 Å². The molecule has 0 bridgehead atoms. The molecule has 3 nitrogen and oxygen atoms in total. The lowest BCUT2D eigenvalue weighted by atomic mass is 10.1. The highest BCUT2D eigenvalue weighted by molar-refractivity contribution is 6.30. The van der Waals surface area contributed by atoms with Crippen LogP contribution >= 0.6 is 11.6 Å². The van der Waals surface area contributed by atoms with Crippen molar-refractivity contribution in [1.82, 2.24) is 10.3 Å². The summed E-state index contributed by atoms with van der Waals surface area (Å²) in [5, 5.41) is 12.3. The number of hydrogen-bond donors (Lipinski definition) is 1. The number of hydrogen-bond acceptors (Lipinski definition) is 3. The molecule has 2 rings (SSSR count). The Kier molecular flexibility index (Phi) is 2.17. The van der Waals surface area contributed by atoms with Crippen LogP contribution in [0.2, 0.25) is 5.15 Å². The summed E-state index contributed by atoms with van der Waals surface area (Å²) in [7, 11) is 0. The van der Waals surface area contributed by atoms with E-state index in [2.05, 4.69) is 10.3 Å². The maximum atomic E-state index is 8.73. The number of halogens is 1. The SMILES string of the molecule is N#Cc1cc2c(nc1Cl)CCNC2. The fourth-order valence-electron chi connectivity index (χ4n) is 1.45. The van der Waals surface area contributed by atoms with Crippen LogP contribution in [0.1, 0.15) is 16.8 Å².